The van der Waals surface area contributed by atoms with E-state index in [1.807, 2.05) is 11.4 Å². The largest absolute Gasteiger partial charge is 0.351 e. The number of nitrogens with one attached hydrogen (secondary N) is 1. The molecule has 1 aromatic rings. The van der Waals surface area contributed by atoms with Crippen LogP contribution in [0.4, 0.5) is 0 Å². The highest BCUT2D eigenvalue weighted by molar-refractivity contribution is 14.1. The Kier molecular flexibility index (Phi) is 5.44. The number of halogens is 1. The molecule has 0 bridgehead atoms. The van der Waals surface area contributed by atoms with Crippen molar-refractivity contribution in [3.63, 3.8) is 0 Å². The Morgan fingerprint density at radius 3 is 2.89 bits per heavy atom. The second-order valence-electron chi connectivity index (χ2n) is 4.81. The molecule has 0 unspecified atom stereocenters. The molecule has 18 heavy (non-hydrogen) atoms. The van der Waals surface area contributed by atoms with Crippen LogP contribution in [-0.2, 0) is 0 Å². The molecule has 1 amide bonds. The van der Waals surface area contributed by atoms with Gasteiger partial charge in [-0.05, 0) is 48.5 Å². The number of nitrogens with zero attached hydrogens (tertiary/aromatic N) is 1. The highest BCUT2D eigenvalue weighted by Crippen LogP contribution is 2.21. The first-order chi connectivity index (χ1) is 8.66. The average molecular weight is 378 g/mol. The summed E-state index contributed by atoms with van der Waals surface area (Å²) in [7, 11) is 2.16. The standard InChI is InChI=1S/C13H19IN2OS/c1-16(11-4-2-3-5-11)7-6-15-13(17)10-8-12(14)18-9-10/h8-9,11H,2-7H2,1H3,(H,15,17). The molecule has 1 aliphatic rings. The Hall–Kier alpha value is -0.140. The van der Waals surface area contributed by atoms with Crippen LogP contribution in [0.25, 0.3) is 0 Å². The summed E-state index contributed by atoms with van der Waals surface area (Å²) in [5.74, 6) is 0.0500. The lowest BCUT2D eigenvalue weighted by Crippen LogP contribution is -2.37. The topological polar surface area (TPSA) is 32.3 Å². The van der Waals surface area contributed by atoms with Crippen LogP contribution in [0.1, 0.15) is 36.0 Å². The minimum atomic E-state index is 0.0500. The predicted molar refractivity (Wildman–Crippen MR) is 84.3 cm³/mol. The molecular weight excluding hydrogens is 359 g/mol. The summed E-state index contributed by atoms with van der Waals surface area (Å²) in [4.78, 5) is 14.2. The van der Waals surface area contributed by atoms with E-state index in [0.29, 0.717) is 0 Å². The summed E-state index contributed by atoms with van der Waals surface area (Å²) < 4.78 is 1.15. The molecule has 2 rings (SSSR count). The zero-order chi connectivity index (χ0) is 13.0. The van der Waals surface area contributed by atoms with Gasteiger partial charge in [0.2, 0.25) is 0 Å². The van der Waals surface area contributed by atoms with Crippen molar-refractivity contribution in [2.45, 2.75) is 31.7 Å². The van der Waals surface area contributed by atoms with Crippen LogP contribution < -0.4 is 5.32 Å². The molecule has 100 valence electrons. The van der Waals surface area contributed by atoms with E-state index in [-0.39, 0.29) is 5.91 Å². The smallest absolute Gasteiger partial charge is 0.252 e. The first-order valence-electron chi connectivity index (χ1n) is 6.39. The third-order valence-electron chi connectivity index (χ3n) is 3.53. The summed E-state index contributed by atoms with van der Waals surface area (Å²) in [6.07, 6.45) is 5.34. The summed E-state index contributed by atoms with van der Waals surface area (Å²) in [6.45, 7) is 1.68. The summed E-state index contributed by atoms with van der Waals surface area (Å²) >= 11 is 3.85. The monoisotopic (exact) mass is 378 g/mol. The van der Waals surface area contributed by atoms with Crippen LogP contribution in [0, 0.1) is 2.88 Å². The lowest BCUT2D eigenvalue weighted by molar-refractivity contribution is 0.0947. The highest BCUT2D eigenvalue weighted by atomic mass is 127. The fourth-order valence-electron chi connectivity index (χ4n) is 2.40. The molecule has 1 aliphatic carbocycles. The Morgan fingerprint density at radius 2 is 2.28 bits per heavy atom. The number of likely N-dealkylation sites (N-methyl/N-ethyl adjacent to an activating group) is 1. The van der Waals surface area contributed by atoms with E-state index in [0.717, 1.165) is 27.6 Å². The van der Waals surface area contributed by atoms with Gasteiger partial charge in [0.1, 0.15) is 0 Å². The maximum Gasteiger partial charge on any atom is 0.252 e. The predicted octanol–water partition coefficient (Wildman–Crippen LogP) is 2.96. The minimum absolute atomic E-state index is 0.0500. The van der Waals surface area contributed by atoms with Gasteiger partial charge in [0.25, 0.3) is 5.91 Å². The summed E-state index contributed by atoms with van der Waals surface area (Å²) in [6, 6.07) is 2.66. The van der Waals surface area contributed by atoms with Crippen molar-refractivity contribution in [2.24, 2.45) is 0 Å². The van der Waals surface area contributed by atoms with E-state index in [1.54, 1.807) is 11.3 Å². The number of hydrogen-bond donors (Lipinski definition) is 1. The minimum Gasteiger partial charge on any atom is -0.351 e. The Labute approximate surface area is 126 Å². The number of rotatable bonds is 5. The first-order valence-corrected chi connectivity index (χ1v) is 8.35. The molecule has 0 aliphatic heterocycles. The van der Waals surface area contributed by atoms with Gasteiger partial charge in [0.15, 0.2) is 0 Å². The molecule has 1 aromatic heterocycles. The zero-order valence-corrected chi connectivity index (χ0v) is 13.6. The van der Waals surface area contributed by atoms with Gasteiger partial charge < -0.3 is 10.2 Å². The van der Waals surface area contributed by atoms with Crippen LogP contribution in [0.15, 0.2) is 11.4 Å². The first kappa shape index (κ1) is 14.3. The fourth-order valence-corrected chi connectivity index (χ4v) is 3.73. The summed E-state index contributed by atoms with van der Waals surface area (Å²) in [5.41, 5.74) is 0.785. The maximum atomic E-state index is 11.8. The Morgan fingerprint density at radius 1 is 1.56 bits per heavy atom. The highest BCUT2D eigenvalue weighted by Gasteiger charge is 2.19. The van der Waals surface area contributed by atoms with E-state index in [2.05, 4.69) is 39.9 Å². The van der Waals surface area contributed by atoms with Crippen LogP contribution in [0.5, 0.6) is 0 Å². The van der Waals surface area contributed by atoms with Gasteiger partial charge in [-0.2, -0.15) is 0 Å². The molecule has 1 saturated carbocycles. The van der Waals surface area contributed by atoms with Gasteiger partial charge in [0.05, 0.1) is 8.45 Å². The van der Waals surface area contributed by atoms with Crippen LogP contribution in [0.3, 0.4) is 0 Å². The number of hydrogen-bond acceptors (Lipinski definition) is 3. The lowest BCUT2D eigenvalue weighted by Gasteiger charge is -2.23. The molecule has 1 N–H and O–H groups in total. The number of amides is 1. The van der Waals surface area contributed by atoms with Crippen LogP contribution in [0.2, 0.25) is 0 Å². The third kappa shape index (κ3) is 3.93. The molecule has 0 atom stereocenters. The quantitative estimate of drug-likeness (QED) is 0.800. The lowest BCUT2D eigenvalue weighted by atomic mass is 10.2. The fraction of sp³-hybridized carbons (Fsp3) is 0.615. The van der Waals surface area contributed by atoms with Crippen LogP contribution in [-0.4, -0.2) is 37.0 Å². The van der Waals surface area contributed by atoms with Crippen molar-refractivity contribution in [2.75, 3.05) is 20.1 Å². The molecule has 3 nitrogen and oxygen atoms in total. The van der Waals surface area contributed by atoms with Crippen molar-refractivity contribution >= 4 is 39.8 Å². The molecule has 0 aromatic carbocycles. The maximum absolute atomic E-state index is 11.8. The number of carbonyl (C=O) groups excluding carboxylic acids is 1. The molecule has 0 spiro atoms. The third-order valence-corrected chi connectivity index (χ3v) is 5.32. The molecule has 1 heterocycles. The van der Waals surface area contributed by atoms with Gasteiger partial charge in [0, 0.05) is 24.5 Å². The summed E-state index contributed by atoms with van der Waals surface area (Å²) in [5, 5.41) is 4.90. The van der Waals surface area contributed by atoms with Crippen molar-refractivity contribution in [1.82, 2.24) is 10.2 Å². The van der Waals surface area contributed by atoms with E-state index in [4.69, 9.17) is 0 Å². The van der Waals surface area contributed by atoms with E-state index < -0.39 is 0 Å². The van der Waals surface area contributed by atoms with Crippen molar-refractivity contribution in [1.29, 1.82) is 0 Å². The van der Waals surface area contributed by atoms with E-state index in [9.17, 15) is 4.79 Å². The Bertz CT molecular complexity index is 401. The molecule has 0 radical (unpaired) electrons. The van der Waals surface area contributed by atoms with Crippen LogP contribution >= 0.6 is 33.9 Å². The molecular formula is C13H19IN2OS. The Balaban J connectivity index is 1.70. The van der Waals surface area contributed by atoms with E-state index >= 15 is 0 Å². The normalized spacial score (nSPS) is 16.4. The number of thiophene rings is 1. The van der Waals surface area contributed by atoms with Gasteiger partial charge in [-0.1, -0.05) is 12.8 Å². The average Bonchev–Trinajstić information content (AvgIpc) is 2.99. The van der Waals surface area contributed by atoms with Crippen molar-refractivity contribution < 1.29 is 4.79 Å². The number of carbonyl (C=O) groups is 1. The van der Waals surface area contributed by atoms with Gasteiger partial charge in [-0.25, -0.2) is 0 Å². The van der Waals surface area contributed by atoms with Crippen molar-refractivity contribution in [3.05, 3.63) is 19.9 Å². The second-order valence-corrected chi connectivity index (χ2v) is 7.62. The zero-order valence-electron chi connectivity index (χ0n) is 10.6. The van der Waals surface area contributed by atoms with Crippen molar-refractivity contribution in [3.8, 4) is 0 Å². The second kappa shape index (κ2) is 6.86. The SMILES string of the molecule is CN(CCNC(=O)c1csc(I)c1)C1CCCC1. The van der Waals surface area contributed by atoms with Gasteiger partial charge in [-0.3, -0.25) is 4.79 Å². The van der Waals surface area contributed by atoms with E-state index in [1.165, 1.54) is 25.7 Å². The molecule has 5 heteroatoms. The van der Waals surface area contributed by atoms with Gasteiger partial charge >= 0.3 is 0 Å². The van der Waals surface area contributed by atoms with Gasteiger partial charge in [-0.15, -0.1) is 11.3 Å². The molecule has 1 fully saturated rings. The molecule has 0 saturated heterocycles.